The van der Waals surface area contributed by atoms with Gasteiger partial charge in [-0.05, 0) is 30.9 Å². The number of carbonyl (C=O) groups is 1. The number of ether oxygens (including phenoxy) is 1. The second kappa shape index (κ2) is 4.19. The molecule has 2 rings (SSSR count). The Hall–Kier alpha value is -2.09. The largest absolute Gasteiger partial charge is 0.479 e. The van der Waals surface area contributed by atoms with E-state index in [0.717, 1.165) is 30.5 Å². The average Bonchev–Trinajstić information content (AvgIpc) is 2.71. The Kier molecular flexibility index (Phi) is 2.73. The molecule has 5 nitrogen and oxygen atoms in total. The molecule has 1 aliphatic carbocycles. The molecule has 0 unspecified atom stereocenters. The number of pyridine rings is 1. The van der Waals surface area contributed by atoms with Crippen LogP contribution in [0.15, 0.2) is 6.07 Å². The minimum atomic E-state index is -1.08. The van der Waals surface area contributed by atoms with E-state index in [2.05, 4.69) is 4.98 Å². The van der Waals surface area contributed by atoms with Gasteiger partial charge in [-0.2, -0.15) is 5.26 Å². The monoisotopic (exact) mass is 218 g/mol. The van der Waals surface area contributed by atoms with Crippen LogP contribution >= 0.6 is 0 Å². The Bertz CT molecular complexity index is 477. The highest BCUT2D eigenvalue weighted by Crippen LogP contribution is 2.25. The van der Waals surface area contributed by atoms with Crippen LogP contribution in [0.3, 0.4) is 0 Å². The van der Waals surface area contributed by atoms with Crippen molar-refractivity contribution in [2.75, 3.05) is 6.61 Å². The van der Waals surface area contributed by atoms with Gasteiger partial charge in [-0.15, -0.1) is 0 Å². The van der Waals surface area contributed by atoms with Crippen LogP contribution in [0.4, 0.5) is 0 Å². The number of fused-ring (bicyclic) bond motifs is 1. The lowest BCUT2D eigenvalue weighted by Crippen LogP contribution is -2.11. The van der Waals surface area contributed by atoms with Crippen LogP contribution in [0.5, 0.6) is 5.88 Å². The summed E-state index contributed by atoms with van der Waals surface area (Å²) in [5.74, 6) is -0.947. The fourth-order valence-corrected chi connectivity index (χ4v) is 1.77. The van der Waals surface area contributed by atoms with Crippen LogP contribution in [0.2, 0.25) is 0 Å². The van der Waals surface area contributed by atoms with Crippen molar-refractivity contribution in [1.82, 2.24) is 4.98 Å². The number of aromatic nitrogens is 1. The van der Waals surface area contributed by atoms with Crippen molar-refractivity contribution >= 4 is 5.97 Å². The maximum absolute atomic E-state index is 10.4. The van der Waals surface area contributed by atoms with E-state index in [1.54, 1.807) is 6.07 Å². The molecule has 0 aliphatic heterocycles. The molecule has 1 aromatic rings. The molecule has 0 fully saturated rings. The summed E-state index contributed by atoms with van der Waals surface area (Å²) in [6.45, 7) is -0.472. The molecule has 1 N–H and O–H groups in total. The average molecular weight is 218 g/mol. The van der Waals surface area contributed by atoms with Crippen molar-refractivity contribution in [2.24, 2.45) is 0 Å². The first kappa shape index (κ1) is 10.4. The molecule has 1 aliphatic rings. The van der Waals surface area contributed by atoms with Crippen molar-refractivity contribution in [2.45, 2.75) is 19.3 Å². The molecule has 0 radical (unpaired) electrons. The van der Waals surface area contributed by atoms with Gasteiger partial charge < -0.3 is 9.84 Å². The molecule has 0 aromatic carbocycles. The van der Waals surface area contributed by atoms with E-state index >= 15 is 0 Å². The lowest BCUT2D eigenvalue weighted by molar-refractivity contribution is -0.139. The SMILES string of the molecule is N#Cc1cc2c(nc1OCC(=O)O)CCC2. The van der Waals surface area contributed by atoms with E-state index in [1.165, 1.54) is 0 Å². The first-order valence-electron chi connectivity index (χ1n) is 4.98. The molecule has 1 heterocycles. The summed E-state index contributed by atoms with van der Waals surface area (Å²) in [6, 6.07) is 3.71. The Labute approximate surface area is 92.3 Å². The molecule has 0 atom stereocenters. The lowest BCUT2D eigenvalue weighted by Gasteiger charge is -2.06. The smallest absolute Gasteiger partial charge is 0.341 e. The minimum Gasteiger partial charge on any atom is -0.479 e. The van der Waals surface area contributed by atoms with Crippen molar-refractivity contribution in [1.29, 1.82) is 5.26 Å². The van der Waals surface area contributed by atoms with Crippen LogP contribution in [0.25, 0.3) is 0 Å². The van der Waals surface area contributed by atoms with Gasteiger partial charge >= 0.3 is 5.97 Å². The summed E-state index contributed by atoms with van der Waals surface area (Å²) in [7, 11) is 0. The molecule has 5 heteroatoms. The van der Waals surface area contributed by atoms with E-state index in [-0.39, 0.29) is 5.88 Å². The number of hydrogen-bond acceptors (Lipinski definition) is 4. The van der Waals surface area contributed by atoms with Gasteiger partial charge in [0.15, 0.2) is 6.61 Å². The fourth-order valence-electron chi connectivity index (χ4n) is 1.77. The fraction of sp³-hybridized carbons (Fsp3) is 0.364. The number of carboxylic acids is 1. The standard InChI is InChI=1S/C11H10N2O3/c12-5-8-4-7-2-1-3-9(7)13-11(8)16-6-10(14)15/h4H,1-3,6H2,(H,14,15). The number of hydrogen-bond donors (Lipinski definition) is 1. The summed E-state index contributed by atoms with van der Waals surface area (Å²) < 4.78 is 4.98. The Balaban J connectivity index is 2.30. The number of carboxylic acid groups (broad SMARTS) is 1. The van der Waals surface area contributed by atoms with Crippen molar-refractivity contribution in [3.05, 3.63) is 22.9 Å². The van der Waals surface area contributed by atoms with Crippen LogP contribution in [0.1, 0.15) is 23.2 Å². The van der Waals surface area contributed by atoms with E-state index < -0.39 is 12.6 Å². The summed E-state index contributed by atoms with van der Waals surface area (Å²) in [5.41, 5.74) is 2.29. The second-order valence-electron chi connectivity index (χ2n) is 3.59. The van der Waals surface area contributed by atoms with Crippen LogP contribution in [-0.4, -0.2) is 22.7 Å². The zero-order valence-corrected chi connectivity index (χ0v) is 8.56. The maximum Gasteiger partial charge on any atom is 0.341 e. The van der Waals surface area contributed by atoms with Gasteiger partial charge in [0.2, 0.25) is 5.88 Å². The second-order valence-corrected chi connectivity index (χ2v) is 3.59. The van der Waals surface area contributed by atoms with E-state index in [9.17, 15) is 4.79 Å². The Morgan fingerprint density at radius 2 is 2.44 bits per heavy atom. The molecule has 16 heavy (non-hydrogen) atoms. The van der Waals surface area contributed by atoms with Crippen molar-refractivity contribution < 1.29 is 14.6 Å². The molecular weight excluding hydrogens is 208 g/mol. The molecule has 0 amide bonds. The summed E-state index contributed by atoms with van der Waals surface area (Å²) in [5, 5.41) is 17.4. The van der Waals surface area contributed by atoms with Crippen LogP contribution < -0.4 is 4.74 Å². The quantitative estimate of drug-likeness (QED) is 0.815. The predicted molar refractivity (Wildman–Crippen MR) is 54.1 cm³/mol. The van der Waals surface area contributed by atoms with Gasteiger partial charge in [0.05, 0.1) is 0 Å². The van der Waals surface area contributed by atoms with Gasteiger partial charge in [-0.25, -0.2) is 9.78 Å². The van der Waals surface area contributed by atoms with E-state index in [4.69, 9.17) is 15.1 Å². The molecule has 82 valence electrons. The molecular formula is C11H10N2O3. The number of aliphatic carboxylic acids is 1. The first-order chi connectivity index (χ1) is 7.70. The highest BCUT2D eigenvalue weighted by atomic mass is 16.5. The lowest BCUT2D eigenvalue weighted by atomic mass is 10.1. The van der Waals surface area contributed by atoms with Gasteiger partial charge in [-0.3, -0.25) is 0 Å². The third-order valence-corrected chi connectivity index (χ3v) is 2.47. The minimum absolute atomic E-state index is 0.130. The Morgan fingerprint density at radius 3 is 3.12 bits per heavy atom. The number of rotatable bonds is 3. The number of aryl methyl sites for hydroxylation is 2. The van der Waals surface area contributed by atoms with Gasteiger partial charge in [-0.1, -0.05) is 0 Å². The molecule has 1 aromatic heterocycles. The third-order valence-electron chi connectivity index (χ3n) is 2.47. The highest BCUT2D eigenvalue weighted by molar-refractivity contribution is 5.68. The third kappa shape index (κ3) is 1.96. The molecule has 0 saturated carbocycles. The van der Waals surface area contributed by atoms with Gasteiger partial charge in [0, 0.05) is 5.69 Å². The van der Waals surface area contributed by atoms with Gasteiger partial charge in [0.1, 0.15) is 11.6 Å². The number of nitrogens with zero attached hydrogens (tertiary/aromatic N) is 2. The van der Waals surface area contributed by atoms with Crippen molar-refractivity contribution in [3.8, 4) is 11.9 Å². The Morgan fingerprint density at radius 1 is 1.62 bits per heavy atom. The van der Waals surface area contributed by atoms with Crippen LogP contribution in [0, 0.1) is 11.3 Å². The summed E-state index contributed by atoms with van der Waals surface area (Å²) in [4.78, 5) is 14.6. The van der Waals surface area contributed by atoms with Gasteiger partial charge in [0.25, 0.3) is 0 Å². The van der Waals surface area contributed by atoms with E-state index in [0.29, 0.717) is 5.56 Å². The normalized spacial score (nSPS) is 12.9. The zero-order valence-electron chi connectivity index (χ0n) is 8.56. The van der Waals surface area contributed by atoms with E-state index in [1.807, 2.05) is 6.07 Å². The highest BCUT2D eigenvalue weighted by Gasteiger charge is 2.17. The molecule has 0 spiro atoms. The maximum atomic E-state index is 10.4. The molecule has 0 saturated heterocycles. The first-order valence-corrected chi connectivity index (χ1v) is 4.98. The van der Waals surface area contributed by atoms with Crippen molar-refractivity contribution in [3.63, 3.8) is 0 Å². The topological polar surface area (TPSA) is 83.2 Å². The molecule has 0 bridgehead atoms. The van der Waals surface area contributed by atoms with Crippen LogP contribution in [-0.2, 0) is 17.6 Å². The number of nitriles is 1. The summed E-state index contributed by atoms with van der Waals surface area (Å²) >= 11 is 0. The predicted octanol–water partition coefficient (Wildman–Crippen LogP) is 0.905. The zero-order chi connectivity index (χ0) is 11.5. The summed E-state index contributed by atoms with van der Waals surface area (Å²) in [6.07, 6.45) is 2.82.